The van der Waals surface area contributed by atoms with Gasteiger partial charge < -0.3 is 19.5 Å². The maximum atomic E-state index is 12.0. The standard InChI is InChI=1S/C20H22BrNO4/c21-16-3-1-4-17(14-16)24-12-9-22-20(23)8-6-15-5-7-18-19(13-15)26-11-2-10-25-18/h1,3-5,7,13-14H,2,6,8-12H2,(H,22,23). The fourth-order valence-electron chi connectivity index (χ4n) is 2.63. The van der Waals surface area contributed by atoms with E-state index in [0.717, 1.165) is 33.7 Å². The van der Waals surface area contributed by atoms with Gasteiger partial charge >= 0.3 is 0 Å². The molecule has 2 aromatic rings. The van der Waals surface area contributed by atoms with E-state index in [1.807, 2.05) is 42.5 Å². The summed E-state index contributed by atoms with van der Waals surface area (Å²) in [7, 11) is 0. The number of hydrogen-bond donors (Lipinski definition) is 1. The minimum atomic E-state index is 0.00922. The monoisotopic (exact) mass is 419 g/mol. The lowest BCUT2D eigenvalue weighted by molar-refractivity contribution is -0.121. The van der Waals surface area contributed by atoms with Crippen LogP contribution in [-0.2, 0) is 11.2 Å². The van der Waals surface area contributed by atoms with Crippen molar-refractivity contribution >= 4 is 21.8 Å². The van der Waals surface area contributed by atoms with Crippen LogP contribution in [0.15, 0.2) is 46.9 Å². The summed E-state index contributed by atoms with van der Waals surface area (Å²) in [5, 5.41) is 2.88. The van der Waals surface area contributed by atoms with Crippen LogP contribution < -0.4 is 19.5 Å². The van der Waals surface area contributed by atoms with Crippen LogP contribution in [0.3, 0.4) is 0 Å². The molecule has 0 saturated heterocycles. The Balaban J connectivity index is 1.38. The molecular formula is C20H22BrNO4. The lowest BCUT2D eigenvalue weighted by Crippen LogP contribution is -2.28. The molecule has 138 valence electrons. The van der Waals surface area contributed by atoms with Gasteiger partial charge in [-0.15, -0.1) is 0 Å². The van der Waals surface area contributed by atoms with E-state index in [1.165, 1.54) is 0 Å². The molecule has 1 aliphatic rings. The first-order valence-corrected chi connectivity index (χ1v) is 9.53. The second-order valence-electron chi connectivity index (χ2n) is 5.99. The van der Waals surface area contributed by atoms with Crippen molar-refractivity contribution in [2.45, 2.75) is 19.3 Å². The molecule has 6 heteroatoms. The third-order valence-electron chi connectivity index (χ3n) is 3.94. The van der Waals surface area contributed by atoms with Crippen molar-refractivity contribution in [1.29, 1.82) is 0 Å². The summed E-state index contributed by atoms with van der Waals surface area (Å²) in [6.45, 7) is 2.25. The van der Waals surface area contributed by atoms with Crippen LogP contribution in [0.2, 0.25) is 0 Å². The highest BCUT2D eigenvalue weighted by Gasteiger charge is 2.11. The normalized spacial score (nSPS) is 13.0. The van der Waals surface area contributed by atoms with E-state index in [4.69, 9.17) is 14.2 Å². The summed E-state index contributed by atoms with van der Waals surface area (Å²) in [6.07, 6.45) is 1.97. The van der Waals surface area contributed by atoms with Crippen LogP contribution in [0, 0.1) is 0 Å². The van der Waals surface area contributed by atoms with Crippen molar-refractivity contribution in [1.82, 2.24) is 5.32 Å². The molecule has 1 heterocycles. The predicted octanol–water partition coefficient (Wildman–Crippen LogP) is 3.74. The van der Waals surface area contributed by atoms with Crippen LogP contribution in [0.25, 0.3) is 0 Å². The van der Waals surface area contributed by atoms with Crippen LogP contribution in [0.5, 0.6) is 17.2 Å². The van der Waals surface area contributed by atoms with E-state index in [9.17, 15) is 4.79 Å². The van der Waals surface area contributed by atoms with Gasteiger partial charge in [-0.05, 0) is 42.3 Å². The Kier molecular flexibility index (Phi) is 6.77. The number of rotatable bonds is 7. The van der Waals surface area contributed by atoms with Gasteiger partial charge in [0.2, 0.25) is 5.91 Å². The van der Waals surface area contributed by atoms with Gasteiger partial charge in [-0.25, -0.2) is 0 Å². The highest BCUT2D eigenvalue weighted by atomic mass is 79.9. The number of fused-ring (bicyclic) bond motifs is 1. The number of halogens is 1. The van der Waals surface area contributed by atoms with E-state index >= 15 is 0 Å². The minimum absolute atomic E-state index is 0.00922. The highest BCUT2D eigenvalue weighted by molar-refractivity contribution is 9.10. The molecule has 1 amide bonds. The molecule has 0 aromatic heterocycles. The molecule has 0 fully saturated rings. The fraction of sp³-hybridized carbons (Fsp3) is 0.350. The Morgan fingerprint density at radius 1 is 1.12 bits per heavy atom. The average molecular weight is 420 g/mol. The third-order valence-corrected chi connectivity index (χ3v) is 4.43. The van der Waals surface area contributed by atoms with E-state index in [0.29, 0.717) is 39.2 Å². The van der Waals surface area contributed by atoms with Gasteiger partial charge in [0.25, 0.3) is 0 Å². The summed E-state index contributed by atoms with van der Waals surface area (Å²) in [5.74, 6) is 2.33. The van der Waals surface area contributed by atoms with Gasteiger partial charge in [0.05, 0.1) is 19.8 Å². The fourth-order valence-corrected chi connectivity index (χ4v) is 3.00. The maximum absolute atomic E-state index is 12.0. The zero-order valence-corrected chi connectivity index (χ0v) is 16.1. The molecular weight excluding hydrogens is 398 g/mol. The maximum Gasteiger partial charge on any atom is 0.220 e. The van der Waals surface area contributed by atoms with Gasteiger partial charge in [0.1, 0.15) is 12.4 Å². The number of ether oxygens (including phenoxy) is 3. The number of hydrogen-bond acceptors (Lipinski definition) is 4. The first-order chi connectivity index (χ1) is 12.7. The Labute approximate surface area is 161 Å². The molecule has 2 aromatic carbocycles. The van der Waals surface area contributed by atoms with Crippen LogP contribution in [0.4, 0.5) is 0 Å². The zero-order chi connectivity index (χ0) is 18.2. The van der Waals surface area contributed by atoms with Crippen molar-refractivity contribution in [3.05, 3.63) is 52.5 Å². The van der Waals surface area contributed by atoms with E-state index in [2.05, 4.69) is 21.2 Å². The van der Waals surface area contributed by atoms with Crippen LogP contribution in [0.1, 0.15) is 18.4 Å². The summed E-state index contributed by atoms with van der Waals surface area (Å²) in [6, 6.07) is 13.5. The molecule has 1 N–H and O–H groups in total. The smallest absolute Gasteiger partial charge is 0.220 e. The first kappa shape index (κ1) is 18.6. The molecule has 0 unspecified atom stereocenters. The number of carbonyl (C=O) groups excluding carboxylic acids is 1. The largest absolute Gasteiger partial charge is 0.492 e. The minimum Gasteiger partial charge on any atom is -0.492 e. The Bertz CT molecular complexity index is 750. The Hall–Kier alpha value is -2.21. The Morgan fingerprint density at radius 2 is 1.96 bits per heavy atom. The van der Waals surface area contributed by atoms with Crippen molar-refractivity contribution in [2.75, 3.05) is 26.4 Å². The van der Waals surface area contributed by atoms with Gasteiger partial charge in [0, 0.05) is 17.3 Å². The number of aryl methyl sites for hydroxylation is 1. The summed E-state index contributed by atoms with van der Waals surface area (Å²) < 4.78 is 17.9. The molecule has 0 saturated carbocycles. The second-order valence-corrected chi connectivity index (χ2v) is 6.90. The SMILES string of the molecule is O=C(CCc1ccc2c(c1)OCCCO2)NCCOc1cccc(Br)c1. The van der Waals surface area contributed by atoms with Crippen molar-refractivity contribution in [3.63, 3.8) is 0 Å². The quantitative estimate of drug-likeness (QED) is 0.694. The second kappa shape index (κ2) is 9.48. The zero-order valence-electron chi connectivity index (χ0n) is 14.5. The molecule has 0 bridgehead atoms. The van der Waals surface area contributed by atoms with Crippen molar-refractivity contribution in [2.24, 2.45) is 0 Å². The van der Waals surface area contributed by atoms with Crippen LogP contribution >= 0.6 is 15.9 Å². The van der Waals surface area contributed by atoms with Crippen LogP contribution in [-0.4, -0.2) is 32.3 Å². The average Bonchev–Trinajstić information content (AvgIpc) is 2.88. The molecule has 26 heavy (non-hydrogen) atoms. The van der Waals surface area contributed by atoms with Gasteiger partial charge in [-0.2, -0.15) is 0 Å². The van der Waals surface area contributed by atoms with Gasteiger partial charge in [-0.3, -0.25) is 4.79 Å². The molecule has 0 aliphatic carbocycles. The van der Waals surface area contributed by atoms with Gasteiger partial charge in [-0.1, -0.05) is 28.1 Å². The van der Waals surface area contributed by atoms with E-state index < -0.39 is 0 Å². The first-order valence-electron chi connectivity index (χ1n) is 8.74. The lowest BCUT2D eigenvalue weighted by atomic mass is 10.1. The Morgan fingerprint density at radius 3 is 2.81 bits per heavy atom. The van der Waals surface area contributed by atoms with Gasteiger partial charge in [0.15, 0.2) is 11.5 Å². The summed E-state index contributed by atoms with van der Waals surface area (Å²) in [5.41, 5.74) is 1.06. The topological polar surface area (TPSA) is 56.8 Å². The molecule has 0 spiro atoms. The number of amides is 1. The van der Waals surface area contributed by atoms with E-state index in [1.54, 1.807) is 0 Å². The summed E-state index contributed by atoms with van der Waals surface area (Å²) in [4.78, 5) is 12.0. The predicted molar refractivity (Wildman–Crippen MR) is 103 cm³/mol. The lowest BCUT2D eigenvalue weighted by Gasteiger charge is -2.10. The molecule has 1 aliphatic heterocycles. The number of carbonyl (C=O) groups is 1. The molecule has 3 rings (SSSR count). The molecule has 0 radical (unpaired) electrons. The van der Waals surface area contributed by atoms with Crippen molar-refractivity contribution in [3.8, 4) is 17.2 Å². The van der Waals surface area contributed by atoms with E-state index in [-0.39, 0.29) is 5.91 Å². The molecule has 0 atom stereocenters. The highest BCUT2D eigenvalue weighted by Crippen LogP contribution is 2.30. The third kappa shape index (κ3) is 5.66. The van der Waals surface area contributed by atoms with Crippen molar-refractivity contribution < 1.29 is 19.0 Å². The number of benzene rings is 2. The number of nitrogens with one attached hydrogen (secondary N) is 1. The molecule has 5 nitrogen and oxygen atoms in total. The summed E-state index contributed by atoms with van der Waals surface area (Å²) >= 11 is 3.40.